The van der Waals surface area contributed by atoms with Crippen molar-refractivity contribution < 1.29 is 14.4 Å². The van der Waals surface area contributed by atoms with Crippen LogP contribution in [0.15, 0.2) is 58.6 Å². The molecule has 4 amide bonds. The number of amides is 4. The molecular formula is C24H19BrIN3O3. The van der Waals surface area contributed by atoms with Crippen LogP contribution in [0.5, 0.6) is 0 Å². The summed E-state index contributed by atoms with van der Waals surface area (Å²) < 4.78 is 4.03. The highest BCUT2D eigenvalue weighted by Crippen LogP contribution is 2.29. The molecule has 1 aromatic heterocycles. The quantitative estimate of drug-likeness (QED) is 0.246. The summed E-state index contributed by atoms with van der Waals surface area (Å²) in [5.41, 5.74) is 4.66. The maximum atomic E-state index is 13.3. The van der Waals surface area contributed by atoms with E-state index in [1.807, 2.05) is 50.2 Å². The number of aryl methyl sites for hydroxylation is 2. The van der Waals surface area contributed by atoms with Crippen LogP contribution in [0.3, 0.4) is 0 Å². The molecule has 1 saturated heterocycles. The third kappa shape index (κ3) is 4.04. The van der Waals surface area contributed by atoms with Crippen molar-refractivity contribution in [2.24, 2.45) is 0 Å². The summed E-state index contributed by atoms with van der Waals surface area (Å²) in [4.78, 5) is 39.4. The molecule has 4 rings (SSSR count). The molecule has 2 aromatic carbocycles. The van der Waals surface area contributed by atoms with Gasteiger partial charge in [-0.1, -0.05) is 15.9 Å². The Labute approximate surface area is 207 Å². The van der Waals surface area contributed by atoms with E-state index >= 15 is 0 Å². The van der Waals surface area contributed by atoms with Gasteiger partial charge in [0, 0.05) is 25.1 Å². The van der Waals surface area contributed by atoms with Crippen LogP contribution >= 0.6 is 38.5 Å². The molecule has 0 atom stereocenters. The minimum Gasteiger partial charge on any atom is -0.318 e. The predicted molar refractivity (Wildman–Crippen MR) is 136 cm³/mol. The summed E-state index contributed by atoms with van der Waals surface area (Å²) in [6, 6.07) is 14.5. The predicted octanol–water partition coefficient (Wildman–Crippen LogP) is 5.44. The van der Waals surface area contributed by atoms with Gasteiger partial charge < -0.3 is 4.57 Å². The first-order valence-electron chi connectivity index (χ1n) is 9.80. The van der Waals surface area contributed by atoms with Crippen molar-refractivity contribution in [2.45, 2.75) is 20.8 Å². The fourth-order valence-electron chi connectivity index (χ4n) is 3.82. The Morgan fingerprint density at radius 1 is 0.969 bits per heavy atom. The Hall–Kier alpha value is -2.72. The van der Waals surface area contributed by atoms with Crippen molar-refractivity contribution in [2.75, 3.05) is 4.90 Å². The number of barbiturate groups is 1. The van der Waals surface area contributed by atoms with Crippen LogP contribution in [-0.2, 0) is 9.59 Å². The van der Waals surface area contributed by atoms with E-state index in [1.165, 1.54) is 0 Å². The first kappa shape index (κ1) is 22.5. The van der Waals surface area contributed by atoms with Crippen molar-refractivity contribution >= 4 is 68.1 Å². The maximum Gasteiger partial charge on any atom is 0.335 e. The van der Waals surface area contributed by atoms with Crippen molar-refractivity contribution in [3.8, 4) is 5.69 Å². The number of nitrogens with zero attached hydrogens (tertiary/aromatic N) is 2. The molecule has 1 aliphatic heterocycles. The van der Waals surface area contributed by atoms with Gasteiger partial charge >= 0.3 is 6.03 Å². The second-order valence-corrected chi connectivity index (χ2v) is 9.69. The Balaban J connectivity index is 1.77. The summed E-state index contributed by atoms with van der Waals surface area (Å²) in [5, 5.41) is 2.29. The molecule has 1 N–H and O–H groups in total. The number of hydrogen-bond donors (Lipinski definition) is 1. The van der Waals surface area contributed by atoms with Gasteiger partial charge in [0.05, 0.1) is 5.69 Å². The summed E-state index contributed by atoms with van der Waals surface area (Å²) in [6.07, 6.45) is 1.55. The Kier molecular flexibility index (Phi) is 6.09. The van der Waals surface area contributed by atoms with Crippen LogP contribution in [-0.4, -0.2) is 22.4 Å². The van der Waals surface area contributed by atoms with Crippen LogP contribution in [0, 0.1) is 24.3 Å². The number of carbonyl (C=O) groups is 3. The number of urea groups is 1. The third-order valence-corrected chi connectivity index (χ3v) is 6.57. The Morgan fingerprint density at radius 2 is 1.66 bits per heavy atom. The lowest BCUT2D eigenvalue weighted by atomic mass is 10.1. The number of anilines is 1. The number of halogens is 2. The molecule has 0 aliphatic carbocycles. The van der Waals surface area contributed by atoms with E-state index in [1.54, 1.807) is 25.1 Å². The van der Waals surface area contributed by atoms with Gasteiger partial charge in [-0.15, -0.1) is 0 Å². The van der Waals surface area contributed by atoms with Gasteiger partial charge in [0.1, 0.15) is 5.57 Å². The Morgan fingerprint density at radius 3 is 2.31 bits per heavy atom. The zero-order valence-electron chi connectivity index (χ0n) is 17.6. The molecule has 0 spiro atoms. The van der Waals surface area contributed by atoms with Gasteiger partial charge in [-0.2, -0.15) is 0 Å². The van der Waals surface area contributed by atoms with Gasteiger partial charge in [-0.25, -0.2) is 9.69 Å². The number of hydrogen-bond acceptors (Lipinski definition) is 3. The molecule has 0 saturated carbocycles. The number of benzene rings is 2. The summed E-state index contributed by atoms with van der Waals surface area (Å²) in [6.45, 7) is 5.70. The van der Waals surface area contributed by atoms with E-state index in [0.29, 0.717) is 5.69 Å². The molecular weight excluding hydrogens is 585 g/mol. The lowest BCUT2D eigenvalue weighted by Gasteiger charge is -2.27. The largest absolute Gasteiger partial charge is 0.335 e. The van der Waals surface area contributed by atoms with Crippen molar-refractivity contribution in [3.05, 3.63) is 84.7 Å². The smallest absolute Gasteiger partial charge is 0.318 e. The van der Waals surface area contributed by atoms with E-state index in [-0.39, 0.29) is 5.57 Å². The molecule has 0 unspecified atom stereocenters. The highest BCUT2D eigenvalue weighted by Gasteiger charge is 2.37. The molecule has 8 heteroatoms. The normalized spacial score (nSPS) is 15.5. The average molecular weight is 604 g/mol. The number of imide groups is 2. The SMILES string of the molecule is Cc1cc(Br)ccc1N1C(=O)NC(=O)/C(=C\c2cc(C)n(-c3ccc(I)cc3)c2C)C1=O. The van der Waals surface area contributed by atoms with Crippen LogP contribution in [0.2, 0.25) is 0 Å². The van der Waals surface area contributed by atoms with E-state index in [0.717, 1.165) is 41.1 Å². The monoisotopic (exact) mass is 603 g/mol. The lowest BCUT2D eigenvalue weighted by Crippen LogP contribution is -2.54. The first-order valence-corrected chi connectivity index (χ1v) is 11.7. The number of aromatic nitrogens is 1. The molecule has 6 nitrogen and oxygen atoms in total. The van der Waals surface area contributed by atoms with E-state index in [4.69, 9.17) is 0 Å². The Bertz CT molecular complexity index is 1310. The zero-order chi connectivity index (χ0) is 23.2. The summed E-state index contributed by atoms with van der Waals surface area (Å²) in [5.74, 6) is -1.35. The van der Waals surface area contributed by atoms with Gasteiger partial charge in [0.25, 0.3) is 11.8 Å². The van der Waals surface area contributed by atoms with E-state index in [2.05, 4.69) is 48.4 Å². The van der Waals surface area contributed by atoms with E-state index < -0.39 is 17.8 Å². The van der Waals surface area contributed by atoms with Crippen molar-refractivity contribution in [3.63, 3.8) is 0 Å². The molecule has 1 fully saturated rings. The third-order valence-electron chi connectivity index (χ3n) is 5.36. The molecule has 2 heterocycles. The van der Waals surface area contributed by atoms with Crippen LogP contribution in [0.25, 0.3) is 11.8 Å². The molecule has 32 heavy (non-hydrogen) atoms. The molecule has 1 aliphatic rings. The van der Waals surface area contributed by atoms with Crippen LogP contribution in [0.4, 0.5) is 10.5 Å². The fourth-order valence-corrected chi connectivity index (χ4v) is 4.66. The molecule has 3 aromatic rings. The highest BCUT2D eigenvalue weighted by molar-refractivity contribution is 14.1. The zero-order valence-corrected chi connectivity index (χ0v) is 21.3. The van der Waals surface area contributed by atoms with Gasteiger partial charge in [-0.05, 0) is 109 Å². The topological polar surface area (TPSA) is 71.4 Å². The second-order valence-electron chi connectivity index (χ2n) is 7.53. The minimum absolute atomic E-state index is 0.0882. The standard InChI is InChI=1S/C24H19BrIN3O3/c1-13-10-17(25)4-9-21(13)29-23(31)20(22(30)27-24(29)32)12-16-11-14(2)28(15(16)3)19-7-5-18(26)6-8-19/h4-12H,1-3H3,(H,27,30,32)/b20-12+. The second kappa shape index (κ2) is 8.67. The minimum atomic E-state index is -0.757. The highest BCUT2D eigenvalue weighted by atomic mass is 127. The lowest BCUT2D eigenvalue weighted by molar-refractivity contribution is -0.122. The van der Waals surface area contributed by atoms with Crippen molar-refractivity contribution in [1.82, 2.24) is 9.88 Å². The number of nitrogens with one attached hydrogen (secondary N) is 1. The van der Waals surface area contributed by atoms with Gasteiger partial charge in [-0.3, -0.25) is 14.9 Å². The number of carbonyl (C=O) groups excluding carboxylic acids is 3. The van der Waals surface area contributed by atoms with Crippen LogP contribution in [0.1, 0.15) is 22.5 Å². The van der Waals surface area contributed by atoms with Gasteiger partial charge in [0.2, 0.25) is 0 Å². The molecule has 162 valence electrons. The fraction of sp³-hybridized carbons (Fsp3) is 0.125. The summed E-state index contributed by atoms with van der Waals surface area (Å²) >= 11 is 5.64. The number of rotatable bonds is 3. The van der Waals surface area contributed by atoms with Crippen molar-refractivity contribution in [1.29, 1.82) is 0 Å². The maximum absolute atomic E-state index is 13.3. The molecule has 0 radical (unpaired) electrons. The van der Waals surface area contributed by atoms with Crippen LogP contribution < -0.4 is 10.2 Å². The molecule has 0 bridgehead atoms. The first-order chi connectivity index (χ1) is 15.2. The average Bonchev–Trinajstić information content (AvgIpc) is 3.00. The van der Waals surface area contributed by atoms with E-state index in [9.17, 15) is 14.4 Å². The van der Waals surface area contributed by atoms with Gasteiger partial charge in [0.15, 0.2) is 0 Å². The summed E-state index contributed by atoms with van der Waals surface area (Å²) in [7, 11) is 0.